The number of hydrogen-bond acceptors (Lipinski definition) is 4. The molecule has 1 rings (SSSR count). The number of alkyl carbamates (subject to hydrolysis) is 1. The molecular weight excluding hydrogens is 320 g/mol. The van der Waals surface area contributed by atoms with Crippen molar-refractivity contribution in [1.82, 2.24) is 10.3 Å². The lowest BCUT2D eigenvalue weighted by molar-refractivity contribution is -0.149. The third kappa shape index (κ3) is 6.72. The molecule has 0 saturated heterocycles. The highest BCUT2D eigenvalue weighted by molar-refractivity contribution is 5.77. The highest BCUT2D eigenvalue weighted by Gasteiger charge is 2.40. The molecule has 0 fully saturated rings. The van der Waals surface area contributed by atoms with Gasteiger partial charge in [-0.15, -0.1) is 0 Å². The lowest BCUT2D eigenvalue weighted by Crippen LogP contribution is -2.47. The Morgan fingerprint density at radius 1 is 1.32 bits per heavy atom. The highest BCUT2D eigenvalue weighted by Crippen LogP contribution is 2.31. The molecule has 0 bridgehead atoms. The maximum absolute atomic E-state index is 12.2. The molecule has 0 saturated carbocycles. The predicted octanol–water partition coefficient (Wildman–Crippen LogP) is 3.57. The number of nitrogens with zero attached hydrogens (tertiary/aromatic N) is 1. The van der Waals surface area contributed by atoms with Crippen LogP contribution in [-0.2, 0) is 16.0 Å². The maximum atomic E-state index is 12.2. The lowest BCUT2D eigenvalue weighted by Gasteiger charge is -2.32. The van der Waals surface area contributed by atoms with Crippen LogP contribution in [-0.4, -0.2) is 34.3 Å². The van der Waals surface area contributed by atoms with Crippen molar-refractivity contribution in [3.8, 4) is 0 Å². The summed E-state index contributed by atoms with van der Waals surface area (Å²) in [6.07, 6.45) is 1.72. The normalized spacial score (nSPS) is 14.0. The molecule has 140 valence electrons. The van der Waals surface area contributed by atoms with Crippen LogP contribution in [0.5, 0.6) is 0 Å². The van der Waals surface area contributed by atoms with E-state index in [1.54, 1.807) is 27.0 Å². The molecule has 0 aliphatic heterocycles. The lowest BCUT2D eigenvalue weighted by atomic mass is 9.75. The molecule has 0 aliphatic rings. The zero-order valence-corrected chi connectivity index (χ0v) is 16.0. The van der Waals surface area contributed by atoms with Crippen molar-refractivity contribution in [1.29, 1.82) is 0 Å². The van der Waals surface area contributed by atoms with Crippen molar-refractivity contribution in [2.75, 3.05) is 6.54 Å². The number of pyridine rings is 1. The van der Waals surface area contributed by atoms with Gasteiger partial charge >= 0.3 is 12.1 Å². The average Bonchev–Trinajstić information content (AvgIpc) is 2.44. The third-order valence-corrected chi connectivity index (χ3v) is 3.85. The van der Waals surface area contributed by atoms with Crippen molar-refractivity contribution in [2.45, 2.75) is 60.0 Å². The number of aromatic nitrogens is 1. The van der Waals surface area contributed by atoms with Gasteiger partial charge in [-0.3, -0.25) is 9.78 Å². The number of carboxylic acid groups (broad SMARTS) is 1. The number of hydrogen-bond donors (Lipinski definition) is 2. The summed E-state index contributed by atoms with van der Waals surface area (Å²) < 4.78 is 5.23. The van der Waals surface area contributed by atoms with Crippen molar-refractivity contribution >= 4 is 12.1 Å². The molecular formula is C19H30N2O4. The Morgan fingerprint density at radius 2 is 1.96 bits per heavy atom. The van der Waals surface area contributed by atoms with Crippen LogP contribution in [0.15, 0.2) is 18.3 Å². The zero-order chi connectivity index (χ0) is 19.3. The van der Waals surface area contributed by atoms with Gasteiger partial charge in [0, 0.05) is 24.9 Å². The fraction of sp³-hybridized carbons (Fsp3) is 0.632. The first-order valence-corrected chi connectivity index (χ1v) is 8.56. The Bertz CT molecular complexity index is 608. The van der Waals surface area contributed by atoms with Gasteiger partial charge in [0.1, 0.15) is 5.60 Å². The molecule has 0 radical (unpaired) electrons. The first-order valence-electron chi connectivity index (χ1n) is 8.56. The zero-order valence-electron chi connectivity index (χ0n) is 16.0. The van der Waals surface area contributed by atoms with E-state index in [0.717, 1.165) is 11.3 Å². The summed E-state index contributed by atoms with van der Waals surface area (Å²) in [6, 6.07) is 3.73. The van der Waals surface area contributed by atoms with Gasteiger partial charge in [-0.2, -0.15) is 0 Å². The van der Waals surface area contributed by atoms with Gasteiger partial charge in [-0.05, 0) is 51.7 Å². The first kappa shape index (κ1) is 20.9. The Kier molecular flexibility index (Phi) is 6.96. The Balaban J connectivity index is 3.04. The summed E-state index contributed by atoms with van der Waals surface area (Å²) in [5, 5.41) is 12.6. The number of aryl methyl sites for hydroxylation is 1. The molecule has 1 atom stereocenters. The molecule has 0 aromatic carbocycles. The number of amides is 1. The molecule has 0 aliphatic carbocycles. The van der Waals surface area contributed by atoms with E-state index < -0.39 is 23.1 Å². The first-order chi connectivity index (χ1) is 11.4. The van der Waals surface area contributed by atoms with Gasteiger partial charge in [0.15, 0.2) is 0 Å². The third-order valence-electron chi connectivity index (χ3n) is 3.85. The number of aliphatic carboxylic acids is 1. The van der Waals surface area contributed by atoms with Crippen molar-refractivity contribution in [3.05, 3.63) is 29.6 Å². The van der Waals surface area contributed by atoms with Crippen LogP contribution in [0.3, 0.4) is 0 Å². The SMILES string of the molecule is Cc1cccnc1CC(CNC(=O)OC(C)(C)C)(CC(C)C)C(=O)O. The molecule has 1 aromatic heterocycles. The minimum atomic E-state index is -1.13. The minimum absolute atomic E-state index is 0.00849. The maximum Gasteiger partial charge on any atom is 0.407 e. The standard InChI is InChI=1S/C19H30N2O4/c1-13(2)10-19(16(22)23,11-15-14(3)8-7-9-20-15)12-21-17(24)25-18(4,5)6/h7-9,13H,10-12H2,1-6H3,(H,21,24)(H,22,23). The topological polar surface area (TPSA) is 88.5 Å². The smallest absolute Gasteiger partial charge is 0.407 e. The summed E-state index contributed by atoms with van der Waals surface area (Å²) in [6.45, 7) is 11.1. The summed E-state index contributed by atoms with van der Waals surface area (Å²) in [5.74, 6) is -0.789. The number of carboxylic acids is 1. The fourth-order valence-electron chi connectivity index (χ4n) is 2.81. The second-order valence-electron chi connectivity index (χ2n) is 7.98. The van der Waals surface area contributed by atoms with Crippen LogP contribution in [0.25, 0.3) is 0 Å². The molecule has 25 heavy (non-hydrogen) atoms. The molecule has 6 heteroatoms. The van der Waals surface area contributed by atoms with Gasteiger partial charge in [-0.25, -0.2) is 4.79 Å². The monoisotopic (exact) mass is 350 g/mol. The molecule has 1 unspecified atom stereocenters. The summed E-state index contributed by atoms with van der Waals surface area (Å²) in [4.78, 5) is 28.5. The second-order valence-corrected chi connectivity index (χ2v) is 7.98. The molecule has 2 N–H and O–H groups in total. The number of rotatable bonds is 7. The quantitative estimate of drug-likeness (QED) is 0.785. The Hall–Kier alpha value is -2.11. The van der Waals surface area contributed by atoms with E-state index in [2.05, 4.69) is 10.3 Å². The molecule has 1 amide bonds. The van der Waals surface area contributed by atoms with Crippen LogP contribution in [0, 0.1) is 18.3 Å². The fourth-order valence-corrected chi connectivity index (χ4v) is 2.81. The number of carbonyl (C=O) groups excluding carboxylic acids is 1. The predicted molar refractivity (Wildman–Crippen MR) is 96.4 cm³/mol. The van der Waals surface area contributed by atoms with Crippen LogP contribution in [0.2, 0.25) is 0 Å². The van der Waals surface area contributed by atoms with E-state index in [1.165, 1.54) is 0 Å². The van der Waals surface area contributed by atoms with Crippen LogP contribution < -0.4 is 5.32 Å². The summed E-state index contributed by atoms with van der Waals surface area (Å²) in [7, 11) is 0. The van der Waals surface area contributed by atoms with E-state index in [1.807, 2.05) is 32.9 Å². The van der Waals surface area contributed by atoms with Gasteiger partial charge < -0.3 is 15.2 Å². The molecule has 6 nitrogen and oxygen atoms in total. The van der Waals surface area contributed by atoms with E-state index >= 15 is 0 Å². The number of nitrogens with one attached hydrogen (secondary N) is 1. The van der Waals surface area contributed by atoms with Crippen molar-refractivity contribution in [3.63, 3.8) is 0 Å². The second kappa shape index (κ2) is 8.32. The van der Waals surface area contributed by atoms with Crippen LogP contribution >= 0.6 is 0 Å². The molecule has 1 heterocycles. The van der Waals surface area contributed by atoms with Gasteiger partial charge in [0.25, 0.3) is 0 Å². The number of carbonyl (C=O) groups is 2. The Morgan fingerprint density at radius 3 is 2.44 bits per heavy atom. The van der Waals surface area contributed by atoms with Crippen molar-refractivity contribution in [2.24, 2.45) is 11.3 Å². The minimum Gasteiger partial charge on any atom is -0.481 e. The molecule has 0 spiro atoms. The van der Waals surface area contributed by atoms with Crippen LogP contribution in [0.1, 0.15) is 52.3 Å². The van der Waals surface area contributed by atoms with E-state index in [0.29, 0.717) is 6.42 Å². The van der Waals surface area contributed by atoms with E-state index in [9.17, 15) is 14.7 Å². The molecule has 1 aromatic rings. The van der Waals surface area contributed by atoms with Gasteiger partial charge in [0.2, 0.25) is 0 Å². The van der Waals surface area contributed by atoms with Gasteiger partial charge in [-0.1, -0.05) is 19.9 Å². The number of ether oxygens (including phenoxy) is 1. The summed E-state index contributed by atoms with van der Waals surface area (Å²) >= 11 is 0. The van der Waals surface area contributed by atoms with E-state index in [4.69, 9.17) is 4.74 Å². The highest BCUT2D eigenvalue weighted by atomic mass is 16.6. The van der Waals surface area contributed by atoms with E-state index in [-0.39, 0.29) is 18.9 Å². The van der Waals surface area contributed by atoms with Crippen LogP contribution in [0.4, 0.5) is 4.79 Å². The average molecular weight is 350 g/mol. The van der Waals surface area contributed by atoms with Crippen molar-refractivity contribution < 1.29 is 19.4 Å². The largest absolute Gasteiger partial charge is 0.481 e. The Labute approximate surface area is 150 Å². The summed E-state index contributed by atoms with van der Waals surface area (Å²) in [5.41, 5.74) is -0.0961. The van der Waals surface area contributed by atoms with Gasteiger partial charge in [0.05, 0.1) is 5.41 Å².